The summed E-state index contributed by atoms with van der Waals surface area (Å²) in [6.07, 6.45) is 2.48. The van der Waals surface area contributed by atoms with Crippen molar-refractivity contribution < 1.29 is 0 Å². The van der Waals surface area contributed by atoms with Gasteiger partial charge in [-0.3, -0.25) is 4.68 Å². The maximum absolute atomic E-state index is 4.40. The van der Waals surface area contributed by atoms with Gasteiger partial charge >= 0.3 is 0 Å². The van der Waals surface area contributed by atoms with Crippen LogP contribution in [0.2, 0.25) is 0 Å². The second-order valence-corrected chi connectivity index (χ2v) is 5.47. The Balaban J connectivity index is 2.03. The largest absolute Gasteiger partial charge is 0.317 e. The number of benzene rings is 1. The van der Waals surface area contributed by atoms with E-state index in [0.717, 1.165) is 17.7 Å². The minimum atomic E-state index is 0.702. The fourth-order valence-corrected chi connectivity index (χ4v) is 3.21. The second-order valence-electron chi connectivity index (χ2n) is 4.72. The molecule has 0 radical (unpaired) electrons. The van der Waals surface area contributed by atoms with Crippen LogP contribution in [0.3, 0.4) is 0 Å². The Morgan fingerprint density at radius 1 is 1.35 bits per heavy atom. The number of nitrogens with zero attached hydrogens (tertiary/aromatic N) is 2. The third kappa shape index (κ3) is 2.00. The van der Waals surface area contributed by atoms with Gasteiger partial charge in [0.05, 0.1) is 5.52 Å². The first-order chi connectivity index (χ1) is 8.25. The van der Waals surface area contributed by atoms with Crippen molar-refractivity contribution >= 4 is 26.8 Å². The van der Waals surface area contributed by atoms with E-state index in [0.29, 0.717) is 5.92 Å². The van der Waals surface area contributed by atoms with E-state index in [4.69, 9.17) is 0 Å². The first-order valence-electron chi connectivity index (χ1n) is 6.08. The Morgan fingerprint density at radius 3 is 2.88 bits per heavy atom. The van der Waals surface area contributed by atoms with Gasteiger partial charge in [-0.2, -0.15) is 5.10 Å². The predicted octanol–water partition coefficient (Wildman–Crippen LogP) is 2.80. The molecule has 2 heterocycles. The third-order valence-electron chi connectivity index (χ3n) is 3.64. The Kier molecular flexibility index (Phi) is 2.92. The number of halogens is 1. The number of aryl methyl sites for hydroxylation is 1. The molecule has 2 aromatic rings. The van der Waals surface area contributed by atoms with E-state index in [1.165, 1.54) is 29.3 Å². The SMILES string of the molecule is Cn1nc(Br)c2cc(C3CCNCC3)ccc21. The van der Waals surface area contributed by atoms with E-state index in [1.54, 1.807) is 0 Å². The van der Waals surface area contributed by atoms with Crippen LogP contribution in [0.15, 0.2) is 22.8 Å². The van der Waals surface area contributed by atoms with Crippen LogP contribution in [0.5, 0.6) is 0 Å². The standard InChI is InChI=1S/C13H16BrN3/c1-17-12-3-2-10(8-11(12)13(14)16-17)9-4-6-15-7-5-9/h2-3,8-9,15H,4-7H2,1H3. The molecule has 1 N–H and O–H groups in total. The van der Waals surface area contributed by atoms with Gasteiger partial charge in [-0.25, -0.2) is 0 Å². The second kappa shape index (κ2) is 4.42. The first kappa shape index (κ1) is 11.2. The first-order valence-corrected chi connectivity index (χ1v) is 6.88. The zero-order valence-corrected chi connectivity index (χ0v) is 11.5. The summed E-state index contributed by atoms with van der Waals surface area (Å²) < 4.78 is 2.87. The summed E-state index contributed by atoms with van der Waals surface area (Å²) in [5.74, 6) is 0.702. The molecule has 0 aliphatic carbocycles. The quantitative estimate of drug-likeness (QED) is 0.876. The van der Waals surface area contributed by atoms with Gasteiger partial charge in [0.2, 0.25) is 0 Å². The topological polar surface area (TPSA) is 29.9 Å². The summed E-state index contributed by atoms with van der Waals surface area (Å²) in [7, 11) is 1.98. The van der Waals surface area contributed by atoms with E-state index in [2.05, 4.69) is 44.5 Å². The summed E-state index contributed by atoms with van der Waals surface area (Å²) in [6.45, 7) is 2.27. The summed E-state index contributed by atoms with van der Waals surface area (Å²) in [5, 5.41) is 9.03. The van der Waals surface area contributed by atoms with E-state index < -0.39 is 0 Å². The number of nitrogens with one attached hydrogen (secondary N) is 1. The van der Waals surface area contributed by atoms with Crippen LogP contribution in [0, 0.1) is 0 Å². The van der Waals surface area contributed by atoms with Gasteiger partial charge in [-0.1, -0.05) is 6.07 Å². The predicted molar refractivity (Wildman–Crippen MR) is 73.3 cm³/mol. The summed E-state index contributed by atoms with van der Waals surface area (Å²) in [5.41, 5.74) is 2.64. The highest BCUT2D eigenvalue weighted by Crippen LogP contribution is 2.30. The van der Waals surface area contributed by atoms with E-state index in [1.807, 2.05) is 11.7 Å². The van der Waals surface area contributed by atoms with Crippen LogP contribution in [-0.4, -0.2) is 22.9 Å². The van der Waals surface area contributed by atoms with Crippen molar-refractivity contribution in [3.05, 3.63) is 28.4 Å². The van der Waals surface area contributed by atoms with Crippen LogP contribution >= 0.6 is 15.9 Å². The highest BCUT2D eigenvalue weighted by Gasteiger charge is 2.16. The number of rotatable bonds is 1. The summed E-state index contributed by atoms with van der Waals surface area (Å²) in [6, 6.07) is 6.74. The van der Waals surface area contributed by atoms with Gasteiger partial charge in [0.1, 0.15) is 4.60 Å². The van der Waals surface area contributed by atoms with Gasteiger partial charge < -0.3 is 5.32 Å². The molecule has 0 spiro atoms. The molecule has 0 atom stereocenters. The number of hydrogen-bond acceptors (Lipinski definition) is 2. The van der Waals surface area contributed by atoms with Crippen LogP contribution in [0.4, 0.5) is 0 Å². The van der Waals surface area contributed by atoms with E-state index >= 15 is 0 Å². The average Bonchev–Trinajstić information content (AvgIpc) is 2.66. The molecule has 17 heavy (non-hydrogen) atoms. The highest BCUT2D eigenvalue weighted by molar-refractivity contribution is 9.10. The number of aromatic nitrogens is 2. The lowest BCUT2D eigenvalue weighted by Gasteiger charge is -2.23. The molecule has 3 rings (SSSR count). The zero-order valence-electron chi connectivity index (χ0n) is 9.91. The molecule has 0 bridgehead atoms. The Labute approximate surface area is 109 Å². The normalized spacial score (nSPS) is 17.8. The van der Waals surface area contributed by atoms with Crippen LogP contribution in [0.1, 0.15) is 24.3 Å². The molecule has 0 unspecified atom stereocenters. The Hall–Kier alpha value is -0.870. The number of fused-ring (bicyclic) bond motifs is 1. The molecule has 1 aromatic heterocycles. The molecule has 1 fully saturated rings. The smallest absolute Gasteiger partial charge is 0.135 e. The monoisotopic (exact) mass is 293 g/mol. The molecular weight excluding hydrogens is 278 g/mol. The van der Waals surface area contributed by atoms with Crippen LogP contribution in [-0.2, 0) is 7.05 Å². The van der Waals surface area contributed by atoms with Crippen molar-refractivity contribution in [3.8, 4) is 0 Å². The van der Waals surface area contributed by atoms with Crippen molar-refractivity contribution in [1.82, 2.24) is 15.1 Å². The zero-order chi connectivity index (χ0) is 11.8. The van der Waals surface area contributed by atoms with Crippen molar-refractivity contribution in [3.63, 3.8) is 0 Å². The van der Waals surface area contributed by atoms with Gasteiger partial charge in [-0.05, 0) is 65.5 Å². The van der Waals surface area contributed by atoms with Crippen LogP contribution < -0.4 is 5.32 Å². The molecule has 1 aliphatic heterocycles. The van der Waals surface area contributed by atoms with Gasteiger partial charge in [0.25, 0.3) is 0 Å². The summed E-state index contributed by atoms with van der Waals surface area (Å²) >= 11 is 3.53. The van der Waals surface area contributed by atoms with Gasteiger partial charge in [0.15, 0.2) is 0 Å². The molecule has 1 aliphatic rings. The summed E-state index contributed by atoms with van der Waals surface area (Å²) in [4.78, 5) is 0. The van der Waals surface area contributed by atoms with Crippen molar-refractivity contribution in [2.24, 2.45) is 7.05 Å². The Bertz CT molecular complexity index is 541. The average molecular weight is 294 g/mol. The number of hydrogen-bond donors (Lipinski definition) is 1. The fourth-order valence-electron chi connectivity index (χ4n) is 2.65. The lowest BCUT2D eigenvalue weighted by molar-refractivity contribution is 0.460. The molecule has 1 saturated heterocycles. The minimum Gasteiger partial charge on any atom is -0.317 e. The Morgan fingerprint density at radius 2 is 2.12 bits per heavy atom. The molecule has 4 heteroatoms. The van der Waals surface area contributed by atoms with E-state index in [-0.39, 0.29) is 0 Å². The van der Waals surface area contributed by atoms with Gasteiger partial charge in [-0.15, -0.1) is 0 Å². The highest BCUT2D eigenvalue weighted by atomic mass is 79.9. The maximum atomic E-state index is 4.40. The van der Waals surface area contributed by atoms with Gasteiger partial charge in [0, 0.05) is 12.4 Å². The minimum absolute atomic E-state index is 0.702. The lowest BCUT2D eigenvalue weighted by atomic mass is 9.90. The van der Waals surface area contributed by atoms with Crippen LogP contribution in [0.25, 0.3) is 10.9 Å². The molecule has 1 aromatic carbocycles. The maximum Gasteiger partial charge on any atom is 0.135 e. The molecule has 3 nitrogen and oxygen atoms in total. The van der Waals surface area contributed by atoms with E-state index in [9.17, 15) is 0 Å². The number of piperidine rings is 1. The third-order valence-corrected chi connectivity index (χ3v) is 4.23. The van der Waals surface area contributed by atoms with Crippen molar-refractivity contribution in [2.45, 2.75) is 18.8 Å². The fraction of sp³-hybridized carbons (Fsp3) is 0.462. The van der Waals surface area contributed by atoms with Crippen molar-refractivity contribution in [2.75, 3.05) is 13.1 Å². The molecular formula is C13H16BrN3. The molecule has 0 amide bonds. The molecule has 0 saturated carbocycles. The lowest BCUT2D eigenvalue weighted by Crippen LogP contribution is -2.26. The molecule has 90 valence electrons. The van der Waals surface area contributed by atoms with Crippen molar-refractivity contribution in [1.29, 1.82) is 0 Å².